The van der Waals surface area contributed by atoms with Gasteiger partial charge in [0.2, 0.25) is 0 Å². The summed E-state index contributed by atoms with van der Waals surface area (Å²) in [6.45, 7) is 1.85. The maximum absolute atomic E-state index is 12.7. The second-order valence-electron chi connectivity index (χ2n) is 7.13. The SMILES string of the molecule is Cc1cccc(NS(=O)(=O)c2cccc(C(=O)OCc3csc(-c4cnn(C)c4)n3)c2)c1. The van der Waals surface area contributed by atoms with Gasteiger partial charge in [-0.05, 0) is 42.8 Å². The van der Waals surface area contributed by atoms with Gasteiger partial charge in [0, 0.05) is 29.9 Å². The molecular formula is C22H20N4O4S2. The molecule has 10 heteroatoms. The van der Waals surface area contributed by atoms with Gasteiger partial charge in [0.25, 0.3) is 10.0 Å². The maximum Gasteiger partial charge on any atom is 0.338 e. The molecule has 1 N–H and O–H groups in total. The van der Waals surface area contributed by atoms with Crippen LogP contribution in [0.3, 0.4) is 0 Å². The van der Waals surface area contributed by atoms with Crippen molar-refractivity contribution in [2.75, 3.05) is 4.72 Å². The molecule has 0 saturated heterocycles. The molecule has 2 heterocycles. The summed E-state index contributed by atoms with van der Waals surface area (Å²) in [6.07, 6.45) is 3.57. The average Bonchev–Trinajstić information content (AvgIpc) is 3.41. The Kier molecular flexibility index (Phi) is 6.06. The van der Waals surface area contributed by atoms with E-state index in [1.54, 1.807) is 29.1 Å². The molecule has 0 amide bonds. The summed E-state index contributed by atoms with van der Waals surface area (Å²) in [6, 6.07) is 12.8. The van der Waals surface area contributed by atoms with Crippen LogP contribution < -0.4 is 4.72 Å². The van der Waals surface area contributed by atoms with Crippen LogP contribution in [0.4, 0.5) is 5.69 Å². The normalized spacial score (nSPS) is 11.3. The molecule has 164 valence electrons. The Bertz CT molecular complexity index is 1380. The van der Waals surface area contributed by atoms with Gasteiger partial charge in [-0.3, -0.25) is 9.40 Å². The number of esters is 1. The number of benzene rings is 2. The van der Waals surface area contributed by atoms with Crippen LogP contribution in [0.15, 0.2) is 71.2 Å². The van der Waals surface area contributed by atoms with Crippen LogP contribution >= 0.6 is 11.3 Å². The molecular weight excluding hydrogens is 448 g/mol. The molecule has 4 rings (SSSR count). The van der Waals surface area contributed by atoms with E-state index in [2.05, 4.69) is 14.8 Å². The van der Waals surface area contributed by atoms with Gasteiger partial charge in [-0.15, -0.1) is 11.3 Å². The lowest BCUT2D eigenvalue weighted by Crippen LogP contribution is -2.14. The lowest BCUT2D eigenvalue weighted by atomic mass is 10.2. The summed E-state index contributed by atoms with van der Waals surface area (Å²) in [5.74, 6) is -0.631. The van der Waals surface area contributed by atoms with E-state index in [1.807, 2.05) is 31.6 Å². The van der Waals surface area contributed by atoms with E-state index in [1.165, 1.54) is 35.6 Å². The van der Waals surface area contributed by atoms with Crippen molar-refractivity contribution in [3.63, 3.8) is 0 Å². The number of sulfonamides is 1. The Balaban J connectivity index is 1.44. The van der Waals surface area contributed by atoms with Crippen LogP contribution in [0.25, 0.3) is 10.6 Å². The summed E-state index contributed by atoms with van der Waals surface area (Å²) < 4.78 is 35.0. The lowest BCUT2D eigenvalue weighted by molar-refractivity contribution is 0.0468. The molecule has 0 aliphatic heterocycles. The lowest BCUT2D eigenvalue weighted by Gasteiger charge is -2.10. The minimum Gasteiger partial charge on any atom is -0.456 e. The van der Waals surface area contributed by atoms with Gasteiger partial charge in [0.15, 0.2) is 0 Å². The zero-order valence-electron chi connectivity index (χ0n) is 17.3. The number of anilines is 1. The molecule has 2 aromatic heterocycles. The van der Waals surface area contributed by atoms with Crippen molar-refractivity contribution in [3.8, 4) is 10.6 Å². The highest BCUT2D eigenvalue weighted by molar-refractivity contribution is 7.92. The van der Waals surface area contributed by atoms with Gasteiger partial charge in [-0.2, -0.15) is 5.10 Å². The van der Waals surface area contributed by atoms with Gasteiger partial charge < -0.3 is 4.74 Å². The highest BCUT2D eigenvalue weighted by atomic mass is 32.2. The Morgan fingerprint density at radius 2 is 2.00 bits per heavy atom. The zero-order chi connectivity index (χ0) is 22.7. The number of nitrogens with one attached hydrogen (secondary N) is 1. The molecule has 2 aromatic carbocycles. The van der Waals surface area contributed by atoms with E-state index in [4.69, 9.17) is 4.74 Å². The number of hydrogen-bond donors (Lipinski definition) is 1. The number of thiazole rings is 1. The molecule has 0 atom stereocenters. The molecule has 0 bridgehead atoms. The number of carbonyl (C=O) groups is 1. The third-order valence-electron chi connectivity index (χ3n) is 4.51. The van der Waals surface area contributed by atoms with Crippen molar-refractivity contribution in [2.24, 2.45) is 7.05 Å². The van der Waals surface area contributed by atoms with E-state index in [0.29, 0.717) is 11.4 Å². The first-order chi connectivity index (χ1) is 15.3. The third kappa shape index (κ3) is 5.04. The standard InChI is InChI=1S/C22H20N4O4S2/c1-15-5-3-7-18(9-15)25-32(28,29)20-8-4-6-16(10-20)22(27)30-13-19-14-31-21(24-19)17-11-23-26(2)12-17/h3-12,14,25H,13H2,1-2H3. The van der Waals surface area contributed by atoms with Crippen molar-refractivity contribution in [1.29, 1.82) is 0 Å². The fourth-order valence-corrected chi connectivity index (χ4v) is 4.85. The van der Waals surface area contributed by atoms with E-state index in [9.17, 15) is 13.2 Å². The highest BCUT2D eigenvalue weighted by Gasteiger charge is 2.18. The quantitative estimate of drug-likeness (QED) is 0.411. The van der Waals surface area contributed by atoms with Crippen molar-refractivity contribution in [2.45, 2.75) is 18.4 Å². The summed E-state index contributed by atoms with van der Waals surface area (Å²) in [4.78, 5) is 16.9. The predicted molar refractivity (Wildman–Crippen MR) is 122 cm³/mol. The van der Waals surface area contributed by atoms with E-state index >= 15 is 0 Å². The topological polar surface area (TPSA) is 103 Å². The van der Waals surface area contributed by atoms with E-state index < -0.39 is 16.0 Å². The zero-order valence-corrected chi connectivity index (χ0v) is 19.0. The number of hydrogen-bond acceptors (Lipinski definition) is 7. The van der Waals surface area contributed by atoms with Gasteiger partial charge in [0.1, 0.15) is 11.6 Å². The van der Waals surface area contributed by atoms with Gasteiger partial charge in [-0.1, -0.05) is 18.2 Å². The number of aryl methyl sites for hydroxylation is 2. The van der Waals surface area contributed by atoms with Crippen LogP contribution in [-0.2, 0) is 28.4 Å². The maximum atomic E-state index is 12.7. The molecule has 0 aliphatic carbocycles. The van der Waals surface area contributed by atoms with Crippen molar-refractivity contribution < 1.29 is 17.9 Å². The fourth-order valence-electron chi connectivity index (χ4n) is 2.97. The van der Waals surface area contributed by atoms with Crippen LogP contribution in [0.2, 0.25) is 0 Å². The molecule has 0 radical (unpaired) electrons. The van der Waals surface area contributed by atoms with Crippen LogP contribution in [-0.4, -0.2) is 29.2 Å². The minimum absolute atomic E-state index is 0.0197. The second kappa shape index (κ2) is 8.93. The Morgan fingerprint density at radius 1 is 1.19 bits per heavy atom. The number of rotatable bonds is 7. The molecule has 0 spiro atoms. The van der Waals surface area contributed by atoms with Crippen molar-refractivity contribution in [1.82, 2.24) is 14.8 Å². The fraction of sp³-hybridized carbons (Fsp3) is 0.136. The Labute approximate surface area is 189 Å². The van der Waals surface area contributed by atoms with Gasteiger partial charge in [-0.25, -0.2) is 18.2 Å². The molecule has 32 heavy (non-hydrogen) atoms. The molecule has 0 fully saturated rings. The molecule has 0 aliphatic rings. The van der Waals surface area contributed by atoms with Crippen LogP contribution in [0, 0.1) is 6.92 Å². The summed E-state index contributed by atoms with van der Waals surface area (Å²) in [5, 5.41) is 6.70. The summed E-state index contributed by atoms with van der Waals surface area (Å²) >= 11 is 1.43. The summed E-state index contributed by atoms with van der Waals surface area (Å²) in [7, 11) is -2.03. The number of aromatic nitrogens is 3. The third-order valence-corrected chi connectivity index (χ3v) is 6.82. The van der Waals surface area contributed by atoms with Crippen LogP contribution in [0.1, 0.15) is 21.6 Å². The van der Waals surface area contributed by atoms with Gasteiger partial charge >= 0.3 is 5.97 Å². The van der Waals surface area contributed by atoms with E-state index in [-0.39, 0.29) is 17.1 Å². The monoisotopic (exact) mass is 468 g/mol. The second-order valence-corrected chi connectivity index (χ2v) is 9.67. The molecule has 8 nitrogen and oxygen atoms in total. The smallest absolute Gasteiger partial charge is 0.338 e. The molecule has 0 unspecified atom stereocenters. The van der Waals surface area contributed by atoms with Gasteiger partial charge in [0.05, 0.1) is 22.3 Å². The van der Waals surface area contributed by atoms with Crippen molar-refractivity contribution >= 4 is 33.0 Å². The van der Waals surface area contributed by atoms with Crippen molar-refractivity contribution in [3.05, 3.63) is 83.1 Å². The first kappa shape index (κ1) is 21.7. The highest BCUT2D eigenvalue weighted by Crippen LogP contribution is 2.24. The summed E-state index contributed by atoms with van der Waals surface area (Å²) in [5.41, 5.74) is 3.00. The largest absolute Gasteiger partial charge is 0.456 e. The molecule has 0 saturated carbocycles. The number of ether oxygens (including phenoxy) is 1. The predicted octanol–water partition coefficient (Wildman–Crippen LogP) is 4.01. The molecule has 4 aromatic rings. The Morgan fingerprint density at radius 3 is 2.75 bits per heavy atom. The minimum atomic E-state index is -3.85. The first-order valence-corrected chi connectivity index (χ1v) is 12.0. The number of carbonyl (C=O) groups excluding carboxylic acids is 1. The Hall–Kier alpha value is -3.50. The first-order valence-electron chi connectivity index (χ1n) is 9.60. The van der Waals surface area contributed by atoms with E-state index in [0.717, 1.165) is 16.1 Å². The average molecular weight is 469 g/mol. The number of nitrogens with zero attached hydrogens (tertiary/aromatic N) is 3. The van der Waals surface area contributed by atoms with Crippen LogP contribution in [0.5, 0.6) is 0 Å².